The Morgan fingerprint density at radius 3 is 2.25 bits per heavy atom. The molecular weight excluding hydrogens is 252 g/mol. The van der Waals surface area contributed by atoms with Crippen LogP contribution in [-0.4, -0.2) is 41.8 Å². The third-order valence-corrected chi connectivity index (χ3v) is 5.20. The molecule has 0 atom stereocenters. The van der Waals surface area contributed by atoms with Gasteiger partial charge in [-0.25, -0.2) is 4.79 Å². The maximum Gasteiger partial charge on any atom is 0.317 e. The summed E-state index contributed by atoms with van der Waals surface area (Å²) in [5.74, 6) is 1.99. The van der Waals surface area contributed by atoms with Crippen molar-refractivity contribution in [3.8, 4) is 0 Å². The van der Waals surface area contributed by atoms with E-state index in [2.05, 4.69) is 19.2 Å². The molecule has 1 aliphatic heterocycles. The molecule has 1 aliphatic carbocycles. The average Bonchev–Trinajstić information content (AvgIpc) is 2.48. The minimum atomic E-state index is 0.106. The molecule has 0 aromatic rings. The Morgan fingerprint density at radius 2 is 1.75 bits per heavy atom. The molecule has 1 saturated carbocycles. The second-order valence-corrected chi connectivity index (χ2v) is 6.92. The average molecular weight is 282 g/mol. The van der Waals surface area contributed by atoms with Crippen LogP contribution in [-0.2, 0) is 0 Å². The van der Waals surface area contributed by atoms with Gasteiger partial charge in [-0.05, 0) is 56.3 Å². The molecule has 2 fully saturated rings. The molecule has 0 radical (unpaired) electrons. The second-order valence-electron chi connectivity index (χ2n) is 6.92. The zero-order chi connectivity index (χ0) is 14.5. The standard InChI is InChI=1S/C16H30N2O2/c1-12(2)14-3-5-15(6-4-14)17-16(20)18-9-7-13(11-19)8-10-18/h12-15,19H,3-11H2,1-2H3,(H,17,20). The molecule has 4 nitrogen and oxygen atoms in total. The van der Waals surface area contributed by atoms with E-state index >= 15 is 0 Å². The molecule has 1 saturated heterocycles. The van der Waals surface area contributed by atoms with Gasteiger partial charge in [-0.1, -0.05) is 13.8 Å². The fraction of sp³-hybridized carbons (Fsp3) is 0.938. The minimum absolute atomic E-state index is 0.106. The lowest BCUT2D eigenvalue weighted by molar-refractivity contribution is 0.132. The Hall–Kier alpha value is -0.770. The van der Waals surface area contributed by atoms with Crippen LogP contribution in [0.3, 0.4) is 0 Å². The van der Waals surface area contributed by atoms with Gasteiger partial charge in [-0.15, -0.1) is 0 Å². The second kappa shape index (κ2) is 7.30. The van der Waals surface area contributed by atoms with E-state index in [1.807, 2.05) is 4.90 Å². The van der Waals surface area contributed by atoms with Gasteiger partial charge in [-0.3, -0.25) is 0 Å². The molecule has 0 aromatic heterocycles. The highest BCUT2D eigenvalue weighted by Crippen LogP contribution is 2.30. The quantitative estimate of drug-likeness (QED) is 0.836. The van der Waals surface area contributed by atoms with Crippen LogP contribution in [0.15, 0.2) is 0 Å². The largest absolute Gasteiger partial charge is 0.396 e. The van der Waals surface area contributed by atoms with Gasteiger partial charge in [0, 0.05) is 25.7 Å². The van der Waals surface area contributed by atoms with Crippen molar-refractivity contribution in [3.63, 3.8) is 0 Å². The highest BCUT2D eigenvalue weighted by atomic mass is 16.3. The van der Waals surface area contributed by atoms with Gasteiger partial charge in [-0.2, -0.15) is 0 Å². The monoisotopic (exact) mass is 282 g/mol. The first-order valence-electron chi connectivity index (χ1n) is 8.26. The van der Waals surface area contributed by atoms with Crippen molar-refractivity contribution in [1.82, 2.24) is 10.2 Å². The molecule has 0 bridgehead atoms. The zero-order valence-corrected chi connectivity index (χ0v) is 13.0. The lowest BCUT2D eigenvalue weighted by atomic mass is 9.80. The lowest BCUT2D eigenvalue weighted by Crippen LogP contribution is -2.49. The molecule has 0 aromatic carbocycles. The van der Waals surface area contributed by atoms with Gasteiger partial charge in [0.05, 0.1) is 0 Å². The molecule has 0 spiro atoms. The summed E-state index contributed by atoms with van der Waals surface area (Å²) in [5.41, 5.74) is 0. The van der Waals surface area contributed by atoms with Crippen LogP contribution in [0, 0.1) is 17.8 Å². The summed E-state index contributed by atoms with van der Waals surface area (Å²) in [4.78, 5) is 14.1. The van der Waals surface area contributed by atoms with E-state index in [1.54, 1.807) is 0 Å². The fourth-order valence-electron chi connectivity index (χ4n) is 3.51. The molecule has 2 amide bonds. The number of hydrogen-bond acceptors (Lipinski definition) is 2. The van der Waals surface area contributed by atoms with Gasteiger partial charge in [0.15, 0.2) is 0 Å². The summed E-state index contributed by atoms with van der Waals surface area (Å²) < 4.78 is 0. The molecule has 1 heterocycles. The molecule has 116 valence electrons. The first-order valence-corrected chi connectivity index (χ1v) is 8.26. The fourth-order valence-corrected chi connectivity index (χ4v) is 3.51. The first-order chi connectivity index (χ1) is 9.60. The summed E-state index contributed by atoms with van der Waals surface area (Å²) >= 11 is 0. The number of nitrogens with zero attached hydrogens (tertiary/aromatic N) is 1. The van der Waals surface area contributed by atoms with Crippen molar-refractivity contribution in [2.45, 2.75) is 58.4 Å². The van der Waals surface area contributed by atoms with Crippen LogP contribution in [0.4, 0.5) is 4.79 Å². The third-order valence-electron chi connectivity index (χ3n) is 5.20. The van der Waals surface area contributed by atoms with E-state index in [0.717, 1.165) is 50.6 Å². The molecule has 0 unspecified atom stereocenters. The Labute approximate surface area is 122 Å². The van der Waals surface area contributed by atoms with E-state index in [4.69, 9.17) is 5.11 Å². The Kier molecular flexibility index (Phi) is 5.70. The van der Waals surface area contributed by atoms with Crippen molar-refractivity contribution in [2.75, 3.05) is 19.7 Å². The van der Waals surface area contributed by atoms with Crippen molar-refractivity contribution in [2.24, 2.45) is 17.8 Å². The van der Waals surface area contributed by atoms with Crippen LogP contribution in [0.5, 0.6) is 0 Å². The van der Waals surface area contributed by atoms with E-state index in [0.29, 0.717) is 12.0 Å². The summed E-state index contributed by atoms with van der Waals surface area (Å²) in [5, 5.41) is 12.3. The molecule has 20 heavy (non-hydrogen) atoms. The van der Waals surface area contributed by atoms with Crippen molar-refractivity contribution < 1.29 is 9.90 Å². The topological polar surface area (TPSA) is 52.6 Å². The summed E-state index contributed by atoms with van der Waals surface area (Å²) in [6.45, 7) is 6.44. The number of rotatable bonds is 3. The number of nitrogens with one attached hydrogen (secondary N) is 1. The van der Waals surface area contributed by atoms with Crippen molar-refractivity contribution >= 4 is 6.03 Å². The van der Waals surface area contributed by atoms with Gasteiger partial charge in [0.1, 0.15) is 0 Å². The van der Waals surface area contributed by atoms with Gasteiger partial charge >= 0.3 is 6.03 Å². The van der Waals surface area contributed by atoms with E-state index in [9.17, 15) is 4.79 Å². The predicted molar refractivity (Wildman–Crippen MR) is 80.5 cm³/mol. The Balaban J connectivity index is 1.70. The Bertz CT molecular complexity index is 304. The molecule has 2 N–H and O–H groups in total. The molecule has 2 rings (SSSR count). The highest BCUT2D eigenvalue weighted by Gasteiger charge is 2.27. The maximum atomic E-state index is 12.2. The summed E-state index contributed by atoms with van der Waals surface area (Å²) in [7, 11) is 0. The van der Waals surface area contributed by atoms with Gasteiger partial charge in [0.25, 0.3) is 0 Å². The van der Waals surface area contributed by atoms with Crippen molar-refractivity contribution in [1.29, 1.82) is 0 Å². The Morgan fingerprint density at radius 1 is 1.15 bits per heavy atom. The number of likely N-dealkylation sites (tertiary alicyclic amines) is 1. The zero-order valence-electron chi connectivity index (χ0n) is 13.0. The van der Waals surface area contributed by atoms with E-state index < -0.39 is 0 Å². The number of aliphatic hydroxyl groups is 1. The van der Waals surface area contributed by atoms with Gasteiger partial charge in [0.2, 0.25) is 0 Å². The SMILES string of the molecule is CC(C)C1CCC(NC(=O)N2CCC(CO)CC2)CC1. The maximum absolute atomic E-state index is 12.2. The summed E-state index contributed by atoms with van der Waals surface area (Å²) in [6, 6.07) is 0.474. The van der Waals surface area contributed by atoms with Gasteiger partial charge < -0.3 is 15.3 Å². The molecule has 4 heteroatoms. The number of amides is 2. The normalized spacial score (nSPS) is 28.7. The number of piperidine rings is 1. The number of carbonyl (C=O) groups excluding carboxylic acids is 1. The van der Waals surface area contributed by atoms with Crippen LogP contribution >= 0.6 is 0 Å². The summed E-state index contributed by atoms with van der Waals surface area (Å²) in [6.07, 6.45) is 6.61. The number of aliphatic hydroxyl groups excluding tert-OH is 1. The minimum Gasteiger partial charge on any atom is -0.396 e. The molecule has 2 aliphatic rings. The van der Waals surface area contributed by atoms with Crippen LogP contribution < -0.4 is 5.32 Å². The first kappa shape index (κ1) is 15.6. The van der Waals surface area contributed by atoms with E-state index in [1.165, 1.54) is 12.8 Å². The van der Waals surface area contributed by atoms with E-state index in [-0.39, 0.29) is 12.6 Å². The predicted octanol–water partition coefficient (Wildman–Crippen LogP) is 2.62. The van der Waals surface area contributed by atoms with Crippen LogP contribution in [0.25, 0.3) is 0 Å². The molecular formula is C16H30N2O2. The number of urea groups is 1. The van der Waals surface area contributed by atoms with Crippen LogP contribution in [0.1, 0.15) is 52.4 Å². The highest BCUT2D eigenvalue weighted by molar-refractivity contribution is 5.74. The van der Waals surface area contributed by atoms with Crippen molar-refractivity contribution in [3.05, 3.63) is 0 Å². The third kappa shape index (κ3) is 4.11. The number of hydrogen-bond donors (Lipinski definition) is 2. The van der Waals surface area contributed by atoms with Crippen LogP contribution in [0.2, 0.25) is 0 Å². The smallest absolute Gasteiger partial charge is 0.317 e. The number of carbonyl (C=O) groups is 1. The lowest BCUT2D eigenvalue weighted by Gasteiger charge is -2.35.